The molecule has 0 aliphatic carbocycles. The highest BCUT2D eigenvalue weighted by atomic mass is 16.5. The van der Waals surface area contributed by atoms with E-state index in [4.69, 9.17) is 5.21 Å². The van der Waals surface area contributed by atoms with Gasteiger partial charge in [0.05, 0.1) is 6.20 Å². The van der Waals surface area contributed by atoms with Crippen LogP contribution in [0, 0.1) is 0 Å². The number of rotatable bonds is 2. The van der Waals surface area contributed by atoms with Crippen LogP contribution in [0.1, 0.15) is 10.5 Å². The number of hydrogen-bond acceptors (Lipinski definition) is 4. The van der Waals surface area contributed by atoms with Gasteiger partial charge in [0.1, 0.15) is 5.69 Å². The molecule has 0 spiro atoms. The molecule has 54 valence electrons. The highest BCUT2D eigenvalue weighted by Crippen LogP contribution is 2.03. The van der Waals surface area contributed by atoms with Crippen LogP contribution in [0.4, 0.5) is 5.95 Å². The number of nitrogens with one attached hydrogen (secondary N) is 1. The van der Waals surface area contributed by atoms with Crippen molar-refractivity contribution in [2.45, 2.75) is 0 Å². The fourth-order valence-corrected chi connectivity index (χ4v) is 0.636. The van der Waals surface area contributed by atoms with Crippen molar-refractivity contribution < 1.29 is 10.0 Å². The van der Waals surface area contributed by atoms with E-state index in [1.165, 1.54) is 10.8 Å². The lowest BCUT2D eigenvalue weighted by Gasteiger charge is -1.97. The van der Waals surface area contributed by atoms with Gasteiger partial charge in [-0.3, -0.25) is 10.0 Å². The Morgan fingerprint density at radius 3 is 2.90 bits per heavy atom. The Labute approximate surface area is 57.3 Å². The van der Waals surface area contributed by atoms with Gasteiger partial charge >= 0.3 is 0 Å². The van der Waals surface area contributed by atoms with Crippen LogP contribution in [0.3, 0.4) is 0 Å². The van der Waals surface area contributed by atoms with Crippen molar-refractivity contribution in [1.82, 2.24) is 9.55 Å². The summed E-state index contributed by atoms with van der Waals surface area (Å²) in [5, 5.41) is 8.38. The molecule has 1 heterocycles. The van der Waals surface area contributed by atoms with E-state index in [1.54, 1.807) is 7.05 Å². The second kappa shape index (κ2) is 2.49. The van der Waals surface area contributed by atoms with Crippen LogP contribution in [0.15, 0.2) is 6.20 Å². The molecule has 0 amide bonds. The molecule has 2 N–H and O–H groups in total. The summed E-state index contributed by atoms with van der Waals surface area (Å²) >= 11 is 0. The zero-order valence-electron chi connectivity index (χ0n) is 5.40. The van der Waals surface area contributed by atoms with E-state index in [0.717, 1.165) is 0 Å². The molecule has 5 nitrogen and oxygen atoms in total. The van der Waals surface area contributed by atoms with Crippen LogP contribution < -0.4 is 5.48 Å². The van der Waals surface area contributed by atoms with Crippen molar-refractivity contribution in [2.24, 2.45) is 7.05 Å². The Balaban J connectivity index is 3.08. The Bertz CT molecular complexity index is 243. The normalized spacial score (nSPS) is 9.40. The maximum Gasteiger partial charge on any atom is 0.227 e. The predicted molar refractivity (Wildman–Crippen MR) is 34.0 cm³/mol. The SMILES string of the molecule is Cn1c(C=O)cnc1NO. The quantitative estimate of drug-likeness (QED) is 0.450. The molecule has 0 unspecified atom stereocenters. The van der Waals surface area contributed by atoms with Crippen molar-refractivity contribution in [3.8, 4) is 0 Å². The monoisotopic (exact) mass is 141 g/mol. The Morgan fingerprint density at radius 1 is 1.90 bits per heavy atom. The molecule has 0 aliphatic rings. The van der Waals surface area contributed by atoms with E-state index in [0.29, 0.717) is 12.0 Å². The molecule has 0 atom stereocenters. The molecule has 0 aromatic carbocycles. The van der Waals surface area contributed by atoms with Gasteiger partial charge in [-0.25, -0.2) is 10.5 Å². The average Bonchev–Trinajstić information content (AvgIpc) is 2.30. The van der Waals surface area contributed by atoms with Gasteiger partial charge in [-0.2, -0.15) is 0 Å². The van der Waals surface area contributed by atoms with Crippen LogP contribution >= 0.6 is 0 Å². The Morgan fingerprint density at radius 2 is 2.60 bits per heavy atom. The first kappa shape index (κ1) is 6.76. The van der Waals surface area contributed by atoms with E-state index in [2.05, 4.69) is 4.98 Å². The average molecular weight is 141 g/mol. The molecule has 1 aromatic heterocycles. The molecule has 0 bridgehead atoms. The second-order valence-corrected chi connectivity index (χ2v) is 1.80. The molecule has 1 rings (SSSR count). The minimum absolute atomic E-state index is 0.252. The standard InChI is InChI=1S/C5H7N3O2/c1-8-4(3-9)2-6-5(8)7-10/h2-3,10H,1H3,(H,6,7). The van der Waals surface area contributed by atoms with Crippen molar-refractivity contribution in [3.05, 3.63) is 11.9 Å². The molecule has 0 saturated heterocycles. The van der Waals surface area contributed by atoms with Crippen LogP contribution in [-0.2, 0) is 7.05 Å². The lowest BCUT2D eigenvalue weighted by Crippen LogP contribution is -2.01. The maximum absolute atomic E-state index is 10.2. The fraction of sp³-hybridized carbons (Fsp3) is 0.200. The van der Waals surface area contributed by atoms with Gasteiger partial charge in [-0.15, -0.1) is 0 Å². The minimum atomic E-state index is 0.252. The van der Waals surface area contributed by atoms with Crippen molar-refractivity contribution >= 4 is 12.2 Å². The number of imidazole rings is 1. The Kier molecular flexibility index (Phi) is 1.68. The van der Waals surface area contributed by atoms with E-state index in [9.17, 15) is 4.79 Å². The van der Waals surface area contributed by atoms with Gasteiger partial charge in [0, 0.05) is 7.05 Å². The summed E-state index contributed by atoms with van der Waals surface area (Å²) in [4.78, 5) is 13.9. The molecular weight excluding hydrogens is 134 g/mol. The first-order valence-corrected chi connectivity index (χ1v) is 2.66. The number of aldehydes is 1. The lowest BCUT2D eigenvalue weighted by atomic mass is 10.5. The van der Waals surface area contributed by atoms with Gasteiger partial charge in [-0.1, -0.05) is 0 Å². The van der Waals surface area contributed by atoms with E-state index in [1.807, 2.05) is 5.48 Å². The molecular formula is C5H7N3O2. The summed E-state index contributed by atoms with van der Waals surface area (Å²) in [6.45, 7) is 0. The van der Waals surface area contributed by atoms with E-state index in [-0.39, 0.29) is 5.95 Å². The first-order valence-electron chi connectivity index (χ1n) is 2.66. The topological polar surface area (TPSA) is 67.2 Å². The number of aromatic nitrogens is 2. The van der Waals surface area contributed by atoms with Gasteiger partial charge < -0.3 is 4.57 Å². The van der Waals surface area contributed by atoms with E-state index < -0.39 is 0 Å². The fourth-order valence-electron chi connectivity index (χ4n) is 0.636. The zero-order chi connectivity index (χ0) is 7.56. The van der Waals surface area contributed by atoms with Crippen LogP contribution in [-0.4, -0.2) is 21.0 Å². The van der Waals surface area contributed by atoms with E-state index >= 15 is 0 Å². The molecule has 1 aromatic rings. The van der Waals surface area contributed by atoms with Gasteiger partial charge in [0.2, 0.25) is 5.95 Å². The summed E-state index contributed by atoms with van der Waals surface area (Å²) in [5.74, 6) is 0.252. The van der Waals surface area contributed by atoms with Gasteiger partial charge in [-0.05, 0) is 0 Å². The highest BCUT2D eigenvalue weighted by molar-refractivity contribution is 5.72. The summed E-state index contributed by atoms with van der Waals surface area (Å²) in [7, 11) is 1.62. The number of carbonyl (C=O) groups excluding carboxylic acids is 1. The largest absolute Gasteiger partial charge is 0.309 e. The van der Waals surface area contributed by atoms with Crippen molar-refractivity contribution in [2.75, 3.05) is 5.48 Å². The third kappa shape index (κ3) is 0.863. The third-order valence-electron chi connectivity index (χ3n) is 1.24. The molecule has 0 radical (unpaired) electrons. The third-order valence-corrected chi connectivity index (χ3v) is 1.24. The van der Waals surface area contributed by atoms with Crippen LogP contribution in [0.5, 0.6) is 0 Å². The minimum Gasteiger partial charge on any atom is -0.309 e. The number of anilines is 1. The summed E-state index contributed by atoms with van der Waals surface area (Å²) in [6.07, 6.45) is 2.03. The summed E-state index contributed by atoms with van der Waals surface area (Å²) in [6, 6.07) is 0. The van der Waals surface area contributed by atoms with Crippen LogP contribution in [0.25, 0.3) is 0 Å². The molecule has 0 aliphatic heterocycles. The molecule has 5 heteroatoms. The van der Waals surface area contributed by atoms with Crippen molar-refractivity contribution in [3.63, 3.8) is 0 Å². The molecule has 0 fully saturated rings. The van der Waals surface area contributed by atoms with Gasteiger partial charge in [0.15, 0.2) is 6.29 Å². The molecule has 10 heavy (non-hydrogen) atoms. The second-order valence-electron chi connectivity index (χ2n) is 1.80. The smallest absolute Gasteiger partial charge is 0.227 e. The number of nitrogens with zero attached hydrogens (tertiary/aromatic N) is 2. The van der Waals surface area contributed by atoms with Crippen molar-refractivity contribution in [1.29, 1.82) is 0 Å². The summed E-state index contributed by atoms with van der Waals surface area (Å²) < 4.78 is 1.44. The maximum atomic E-state index is 10.2. The number of carbonyl (C=O) groups is 1. The number of hydrogen-bond donors (Lipinski definition) is 2. The molecule has 0 saturated carbocycles. The lowest BCUT2D eigenvalue weighted by molar-refractivity contribution is 0.111. The first-order chi connectivity index (χ1) is 4.79. The van der Waals surface area contributed by atoms with Crippen LogP contribution in [0.2, 0.25) is 0 Å². The Hall–Kier alpha value is -1.36. The summed E-state index contributed by atoms with van der Waals surface area (Å²) in [5.41, 5.74) is 2.26. The van der Waals surface area contributed by atoms with Gasteiger partial charge in [0.25, 0.3) is 0 Å². The predicted octanol–water partition coefficient (Wildman–Crippen LogP) is 0.0337. The zero-order valence-corrected chi connectivity index (χ0v) is 5.40. The highest BCUT2D eigenvalue weighted by Gasteiger charge is 2.01.